The SMILES string of the molecule is CC(C(N)=O)(c1c(F)ccc(C(N)=O)c1C(F)(F)F)C(N)C(F)(F)F. The van der Waals surface area contributed by atoms with Crippen LogP contribution >= 0.6 is 0 Å². The van der Waals surface area contributed by atoms with Gasteiger partial charge in [0.2, 0.25) is 11.8 Å². The Kier molecular flexibility index (Phi) is 5.10. The average molecular weight is 375 g/mol. The van der Waals surface area contributed by atoms with Gasteiger partial charge in [-0.2, -0.15) is 26.3 Å². The zero-order valence-corrected chi connectivity index (χ0v) is 12.4. The Balaban J connectivity index is 4.05. The van der Waals surface area contributed by atoms with Crippen LogP contribution in [-0.2, 0) is 16.4 Å². The van der Waals surface area contributed by atoms with E-state index in [1.807, 2.05) is 0 Å². The Hall–Kier alpha value is -2.37. The third-order valence-corrected chi connectivity index (χ3v) is 3.71. The standard InChI is InChI=1S/C13H12F7N3O2/c1-11(10(23)25,9(22)13(18,19)20)7-5(14)3-2-4(8(21)24)6(7)12(15,16)17/h2-3,9H,22H2,1H3,(H2,21,24)(H2,23,25). The summed E-state index contributed by atoms with van der Waals surface area (Å²) in [7, 11) is 0. The van der Waals surface area contributed by atoms with E-state index in [9.17, 15) is 40.3 Å². The molecule has 1 aromatic rings. The highest BCUT2D eigenvalue weighted by Gasteiger charge is 2.57. The van der Waals surface area contributed by atoms with Crippen LogP contribution < -0.4 is 17.2 Å². The molecular formula is C13H12F7N3O2. The Morgan fingerprint density at radius 3 is 1.80 bits per heavy atom. The van der Waals surface area contributed by atoms with Crippen molar-refractivity contribution in [2.24, 2.45) is 17.2 Å². The monoisotopic (exact) mass is 375 g/mol. The normalized spacial score (nSPS) is 16.2. The smallest absolute Gasteiger partial charge is 0.369 e. The van der Waals surface area contributed by atoms with Crippen LogP contribution in [0.15, 0.2) is 12.1 Å². The molecule has 0 aliphatic heterocycles. The van der Waals surface area contributed by atoms with Gasteiger partial charge < -0.3 is 17.2 Å². The van der Waals surface area contributed by atoms with Gasteiger partial charge in [0.15, 0.2) is 0 Å². The van der Waals surface area contributed by atoms with Crippen LogP contribution in [0.25, 0.3) is 0 Å². The lowest BCUT2D eigenvalue weighted by atomic mass is 9.72. The zero-order valence-electron chi connectivity index (χ0n) is 12.4. The molecule has 0 saturated carbocycles. The lowest BCUT2D eigenvalue weighted by Crippen LogP contribution is -2.60. The van der Waals surface area contributed by atoms with Crippen molar-refractivity contribution in [1.82, 2.24) is 0 Å². The number of hydrogen-bond donors (Lipinski definition) is 3. The number of nitrogens with two attached hydrogens (primary N) is 3. The van der Waals surface area contributed by atoms with E-state index < -0.39 is 58.1 Å². The second-order valence-corrected chi connectivity index (χ2v) is 5.29. The number of rotatable bonds is 4. The molecule has 25 heavy (non-hydrogen) atoms. The number of benzene rings is 1. The van der Waals surface area contributed by atoms with Crippen LogP contribution in [0.2, 0.25) is 0 Å². The topological polar surface area (TPSA) is 112 Å². The zero-order chi connectivity index (χ0) is 20.0. The van der Waals surface area contributed by atoms with E-state index in [-0.39, 0.29) is 6.07 Å². The second kappa shape index (κ2) is 6.17. The summed E-state index contributed by atoms with van der Waals surface area (Å²) < 4.78 is 93.2. The highest BCUT2D eigenvalue weighted by molar-refractivity contribution is 5.96. The van der Waals surface area contributed by atoms with Gasteiger partial charge in [0.05, 0.1) is 16.5 Å². The quantitative estimate of drug-likeness (QED) is 0.695. The third kappa shape index (κ3) is 3.52. The predicted octanol–water partition coefficient (Wildman–Crippen LogP) is 1.58. The van der Waals surface area contributed by atoms with Crippen molar-refractivity contribution in [2.45, 2.75) is 30.7 Å². The summed E-state index contributed by atoms with van der Waals surface area (Å²) in [6.45, 7) is 0.311. The minimum Gasteiger partial charge on any atom is -0.369 e. The maximum atomic E-state index is 14.1. The molecule has 6 N–H and O–H groups in total. The molecule has 5 nitrogen and oxygen atoms in total. The van der Waals surface area contributed by atoms with Gasteiger partial charge in [0.25, 0.3) is 0 Å². The van der Waals surface area contributed by atoms with Gasteiger partial charge in [0.1, 0.15) is 11.9 Å². The second-order valence-electron chi connectivity index (χ2n) is 5.29. The van der Waals surface area contributed by atoms with Crippen LogP contribution in [0.3, 0.4) is 0 Å². The Morgan fingerprint density at radius 1 is 1.00 bits per heavy atom. The molecular weight excluding hydrogens is 363 g/mol. The Labute approximate surface area is 135 Å². The summed E-state index contributed by atoms with van der Waals surface area (Å²) in [5.74, 6) is -5.51. The van der Waals surface area contributed by atoms with Crippen molar-refractivity contribution < 1.29 is 40.3 Å². The third-order valence-electron chi connectivity index (χ3n) is 3.71. The first-order valence-corrected chi connectivity index (χ1v) is 6.38. The molecule has 2 unspecified atom stereocenters. The maximum absolute atomic E-state index is 14.1. The molecule has 2 amide bonds. The highest BCUT2D eigenvalue weighted by Crippen LogP contribution is 2.44. The minimum absolute atomic E-state index is 0.273. The maximum Gasteiger partial charge on any atom is 0.417 e. The molecule has 0 saturated heterocycles. The summed E-state index contributed by atoms with van der Waals surface area (Å²) in [5.41, 5.74) is 5.89. The van der Waals surface area contributed by atoms with E-state index in [4.69, 9.17) is 17.2 Å². The lowest BCUT2D eigenvalue weighted by Gasteiger charge is -2.36. The first-order valence-electron chi connectivity index (χ1n) is 6.38. The van der Waals surface area contributed by atoms with E-state index in [0.717, 1.165) is 0 Å². The molecule has 0 radical (unpaired) electrons. The number of carbonyl (C=O) groups is 2. The number of halogens is 7. The van der Waals surface area contributed by atoms with Gasteiger partial charge in [-0.1, -0.05) is 0 Å². The molecule has 0 aliphatic carbocycles. The van der Waals surface area contributed by atoms with Crippen molar-refractivity contribution in [1.29, 1.82) is 0 Å². The number of primary amides is 2. The molecule has 1 rings (SSSR count). The van der Waals surface area contributed by atoms with E-state index >= 15 is 0 Å². The van der Waals surface area contributed by atoms with Gasteiger partial charge in [-0.25, -0.2) is 4.39 Å². The Bertz CT molecular complexity index is 715. The van der Waals surface area contributed by atoms with Crippen molar-refractivity contribution in [3.8, 4) is 0 Å². The molecule has 0 aromatic heterocycles. The lowest BCUT2D eigenvalue weighted by molar-refractivity contribution is -0.170. The minimum atomic E-state index is -5.52. The largest absolute Gasteiger partial charge is 0.417 e. The van der Waals surface area contributed by atoms with Crippen molar-refractivity contribution >= 4 is 11.8 Å². The molecule has 12 heteroatoms. The molecule has 0 aliphatic rings. The van der Waals surface area contributed by atoms with Crippen molar-refractivity contribution in [3.05, 3.63) is 34.6 Å². The number of carbonyl (C=O) groups excluding carboxylic acids is 2. The van der Waals surface area contributed by atoms with Crippen molar-refractivity contribution in [3.63, 3.8) is 0 Å². The van der Waals surface area contributed by atoms with Gasteiger partial charge in [-0.05, 0) is 19.1 Å². The number of hydrogen-bond acceptors (Lipinski definition) is 3. The number of amides is 2. The summed E-state index contributed by atoms with van der Waals surface area (Å²) in [6.07, 6.45) is -10.9. The summed E-state index contributed by atoms with van der Waals surface area (Å²) >= 11 is 0. The average Bonchev–Trinajstić information content (AvgIpc) is 2.42. The van der Waals surface area contributed by atoms with Gasteiger partial charge in [-0.15, -0.1) is 0 Å². The first kappa shape index (κ1) is 20.7. The molecule has 0 heterocycles. The summed E-state index contributed by atoms with van der Waals surface area (Å²) in [5, 5.41) is 0. The fourth-order valence-electron chi connectivity index (χ4n) is 2.34. The Morgan fingerprint density at radius 2 is 1.48 bits per heavy atom. The van der Waals surface area contributed by atoms with Crippen LogP contribution in [0.5, 0.6) is 0 Å². The molecule has 0 bridgehead atoms. The van der Waals surface area contributed by atoms with Crippen molar-refractivity contribution in [2.75, 3.05) is 0 Å². The van der Waals surface area contributed by atoms with E-state index in [2.05, 4.69) is 0 Å². The predicted molar refractivity (Wildman–Crippen MR) is 70.5 cm³/mol. The van der Waals surface area contributed by atoms with E-state index in [1.54, 1.807) is 0 Å². The van der Waals surface area contributed by atoms with Crippen LogP contribution in [-0.4, -0.2) is 24.0 Å². The van der Waals surface area contributed by atoms with Crippen LogP contribution in [0, 0.1) is 5.82 Å². The molecule has 2 atom stereocenters. The molecule has 0 spiro atoms. The fraction of sp³-hybridized carbons (Fsp3) is 0.385. The van der Waals surface area contributed by atoms with Crippen LogP contribution in [0.1, 0.15) is 28.4 Å². The van der Waals surface area contributed by atoms with Gasteiger partial charge >= 0.3 is 12.4 Å². The van der Waals surface area contributed by atoms with E-state index in [1.165, 1.54) is 0 Å². The van der Waals surface area contributed by atoms with Gasteiger partial charge in [-0.3, -0.25) is 9.59 Å². The highest BCUT2D eigenvalue weighted by atomic mass is 19.4. The first-order chi connectivity index (χ1) is 11.1. The molecule has 0 fully saturated rings. The van der Waals surface area contributed by atoms with Gasteiger partial charge in [0, 0.05) is 5.56 Å². The fourth-order valence-corrected chi connectivity index (χ4v) is 2.34. The van der Waals surface area contributed by atoms with Crippen LogP contribution in [0.4, 0.5) is 30.7 Å². The summed E-state index contributed by atoms with van der Waals surface area (Å²) in [4.78, 5) is 22.8. The molecule has 140 valence electrons. The number of alkyl halides is 6. The summed E-state index contributed by atoms with van der Waals surface area (Å²) in [6, 6.07) is -2.67. The van der Waals surface area contributed by atoms with E-state index in [0.29, 0.717) is 13.0 Å². The molecule has 1 aromatic carbocycles.